The molecule has 3 heteroatoms. The molecular formula is C18H20O3. The van der Waals surface area contributed by atoms with Gasteiger partial charge in [0, 0.05) is 6.42 Å². The van der Waals surface area contributed by atoms with Crippen molar-refractivity contribution in [1.29, 1.82) is 0 Å². The third-order valence-electron chi connectivity index (χ3n) is 3.54. The van der Waals surface area contributed by atoms with Gasteiger partial charge < -0.3 is 9.84 Å². The van der Waals surface area contributed by atoms with Crippen LogP contribution < -0.4 is 4.74 Å². The summed E-state index contributed by atoms with van der Waals surface area (Å²) in [6.45, 7) is 3.98. The average Bonchev–Trinajstić information content (AvgIpc) is 2.49. The Labute approximate surface area is 125 Å². The molecule has 0 bridgehead atoms. The maximum absolute atomic E-state index is 11.5. The zero-order valence-corrected chi connectivity index (χ0v) is 12.4. The number of carboxylic acids is 1. The summed E-state index contributed by atoms with van der Waals surface area (Å²) in [7, 11) is 0. The highest BCUT2D eigenvalue weighted by atomic mass is 16.5. The van der Waals surface area contributed by atoms with Crippen LogP contribution >= 0.6 is 0 Å². The first-order valence-electron chi connectivity index (χ1n) is 7.13. The van der Waals surface area contributed by atoms with Crippen molar-refractivity contribution >= 4 is 5.97 Å². The number of hydrogen-bond donors (Lipinski definition) is 1. The summed E-state index contributed by atoms with van der Waals surface area (Å²) in [6.07, 6.45) is 0.374. The predicted octanol–water partition coefficient (Wildman–Crippen LogP) is 3.63. The summed E-state index contributed by atoms with van der Waals surface area (Å²) >= 11 is 0. The van der Waals surface area contributed by atoms with E-state index in [0.29, 0.717) is 12.2 Å². The first-order chi connectivity index (χ1) is 10.1. The van der Waals surface area contributed by atoms with E-state index >= 15 is 0 Å². The van der Waals surface area contributed by atoms with Crippen molar-refractivity contribution in [2.24, 2.45) is 0 Å². The van der Waals surface area contributed by atoms with Crippen molar-refractivity contribution in [3.8, 4) is 5.75 Å². The molecule has 0 saturated carbocycles. The number of ether oxygens (including phenoxy) is 1. The lowest BCUT2D eigenvalue weighted by atomic mass is 10.00. The number of para-hydroxylation sites is 1. The van der Waals surface area contributed by atoms with E-state index in [1.54, 1.807) is 6.07 Å². The number of hydrogen-bond acceptors (Lipinski definition) is 2. The molecule has 2 aromatic carbocycles. The van der Waals surface area contributed by atoms with Crippen LogP contribution in [0, 0.1) is 6.92 Å². The first kappa shape index (κ1) is 15.1. The molecule has 3 nitrogen and oxygen atoms in total. The summed E-state index contributed by atoms with van der Waals surface area (Å²) < 4.78 is 5.71. The quantitative estimate of drug-likeness (QED) is 0.881. The van der Waals surface area contributed by atoms with Crippen LogP contribution in [0.1, 0.15) is 23.6 Å². The van der Waals surface area contributed by atoms with Crippen LogP contribution in [0.2, 0.25) is 0 Å². The Hall–Kier alpha value is -2.29. The second-order valence-electron chi connectivity index (χ2n) is 5.04. The van der Waals surface area contributed by atoms with Crippen LogP contribution in [0.25, 0.3) is 0 Å². The zero-order chi connectivity index (χ0) is 15.2. The maximum Gasteiger partial charge on any atom is 0.345 e. The lowest BCUT2D eigenvalue weighted by Crippen LogP contribution is -2.30. The molecule has 21 heavy (non-hydrogen) atoms. The molecule has 0 aromatic heterocycles. The third-order valence-corrected chi connectivity index (χ3v) is 3.54. The molecule has 1 N–H and O–H groups in total. The summed E-state index contributed by atoms with van der Waals surface area (Å²) in [5.74, 6) is -0.317. The van der Waals surface area contributed by atoms with Gasteiger partial charge in [-0.1, -0.05) is 49.4 Å². The fourth-order valence-corrected chi connectivity index (χ4v) is 2.32. The Bertz CT molecular complexity index is 619. The van der Waals surface area contributed by atoms with Crippen LogP contribution in [0.15, 0.2) is 48.5 Å². The minimum atomic E-state index is -0.941. The van der Waals surface area contributed by atoms with Gasteiger partial charge in [-0.3, -0.25) is 0 Å². The van der Waals surface area contributed by atoms with E-state index in [2.05, 4.69) is 6.92 Å². The molecule has 0 radical (unpaired) electrons. The molecule has 0 fully saturated rings. The topological polar surface area (TPSA) is 46.5 Å². The Balaban J connectivity index is 2.20. The van der Waals surface area contributed by atoms with Gasteiger partial charge >= 0.3 is 5.97 Å². The normalized spacial score (nSPS) is 11.9. The molecule has 0 amide bonds. The third kappa shape index (κ3) is 3.85. The second-order valence-corrected chi connectivity index (χ2v) is 5.04. The van der Waals surface area contributed by atoms with Crippen LogP contribution in [-0.4, -0.2) is 17.2 Å². The molecule has 0 aliphatic rings. The Morgan fingerprint density at radius 2 is 1.71 bits per heavy atom. The Morgan fingerprint density at radius 1 is 1.10 bits per heavy atom. The highest BCUT2D eigenvalue weighted by Crippen LogP contribution is 2.20. The molecule has 1 atom stereocenters. The molecule has 0 saturated heterocycles. The number of carboxylic acid groups (broad SMARTS) is 1. The van der Waals surface area contributed by atoms with Crippen LogP contribution in [0.5, 0.6) is 5.75 Å². The van der Waals surface area contributed by atoms with Gasteiger partial charge in [0.1, 0.15) is 5.75 Å². The summed E-state index contributed by atoms with van der Waals surface area (Å²) in [4.78, 5) is 11.5. The van der Waals surface area contributed by atoms with E-state index in [9.17, 15) is 9.90 Å². The molecule has 0 aliphatic carbocycles. The molecule has 110 valence electrons. The average molecular weight is 284 g/mol. The molecule has 2 rings (SSSR count). The zero-order valence-electron chi connectivity index (χ0n) is 12.4. The molecule has 2 aromatic rings. The molecule has 0 aliphatic heterocycles. The smallest absolute Gasteiger partial charge is 0.345 e. The highest BCUT2D eigenvalue weighted by molar-refractivity contribution is 5.73. The van der Waals surface area contributed by atoms with E-state index < -0.39 is 12.1 Å². The summed E-state index contributed by atoms with van der Waals surface area (Å²) in [5.41, 5.74) is 3.13. The molecular weight excluding hydrogens is 264 g/mol. The van der Waals surface area contributed by atoms with E-state index in [4.69, 9.17) is 4.74 Å². The number of benzene rings is 2. The first-order valence-corrected chi connectivity index (χ1v) is 7.13. The summed E-state index contributed by atoms with van der Waals surface area (Å²) in [5, 5.41) is 9.43. The Morgan fingerprint density at radius 3 is 2.33 bits per heavy atom. The van der Waals surface area contributed by atoms with Crippen LogP contribution in [0.3, 0.4) is 0 Å². The van der Waals surface area contributed by atoms with Crippen molar-refractivity contribution in [3.05, 3.63) is 65.2 Å². The van der Waals surface area contributed by atoms with Gasteiger partial charge in [0.2, 0.25) is 0 Å². The number of rotatable bonds is 6. The van der Waals surface area contributed by atoms with Gasteiger partial charge in [-0.2, -0.15) is 0 Å². The largest absolute Gasteiger partial charge is 0.478 e. The molecule has 1 unspecified atom stereocenters. The summed E-state index contributed by atoms with van der Waals surface area (Å²) in [6, 6.07) is 15.4. The van der Waals surface area contributed by atoms with Crippen molar-refractivity contribution in [3.63, 3.8) is 0 Å². The predicted molar refractivity (Wildman–Crippen MR) is 82.8 cm³/mol. The van der Waals surface area contributed by atoms with Crippen LogP contribution in [-0.2, 0) is 17.6 Å². The molecule has 0 spiro atoms. The standard InChI is InChI=1S/C18H20O3/c1-3-14-9-5-6-10-15(14)12-17(18(19)20)21-16-11-7-4-8-13(16)2/h4-11,17H,3,12H2,1-2H3,(H,19,20). The maximum atomic E-state index is 11.5. The number of aliphatic carboxylic acids is 1. The van der Waals surface area contributed by atoms with E-state index in [0.717, 1.165) is 23.1 Å². The van der Waals surface area contributed by atoms with Gasteiger partial charge in [0.05, 0.1) is 0 Å². The van der Waals surface area contributed by atoms with Gasteiger partial charge in [-0.05, 0) is 36.1 Å². The van der Waals surface area contributed by atoms with Crippen molar-refractivity contribution in [2.75, 3.05) is 0 Å². The monoisotopic (exact) mass is 284 g/mol. The van der Waals surface area contributed by atoms with Gasteiger partial charge in [-0.15, -0.1) is 0 Å². The van der Waals surface area contributed by atoms with Crippen molar-refractivity contribution < 1.29 is 14.6 Å². The fourth-order valence-electron chi connectivity index (χ4n) is 2.32. The number of aryl methyl sites for hydroxylation is 2. The van der Waals surface area contributed by atoms with Gasteiger partial charge in [0.25, 0.3) is 0 Å². The minimum absolute atomic E-state index is 0.369. The second kappa shape index (κ2) is 6.93. The number of carbonyl (C=O) groups is 1. The SMILES string of the molecule is CCc1ccccc1CC(Oc1ccccc1C)C(=O)O. The van der Waals surface area contributed by atoms with Crippen molar-refractivity contribution in [2.45, 2.75) is 32.8 Å². The minimum Gasteiger partial charge on any atom is -0.478 e. The lowest BCUT2D eigenvalue weighted by Gasteiger charge is -2.18. The van der Waals surface area contributed by atoms with E-state index in [-0.39, 0.29) is 0 Å². The molecule has 0 heterocycles. The fraction of sp³-hybridized carbons (Fsp3) is 0.278. The van der Waals surface area contributed by atoms with Gasteiger partial charge in [-0.25, -0.2) is 4.79 Å². The lowest BCUT2D eigenvalue weighted by molar-refractivity contribution is -0.145. The van der Waals surface area contributed by atoms with Crippen LogP contribution in [0.4, 0.5) is 0 Å². The van der Waals surface area contributed by atoms with Crippen molar-refractivity contribution in [1.82, 2.24) is 0 Å². The van der Waals surface area contributed by atoms with E-state index in [1.165, 1.54) is 0 Å². The van der Waals surface area contributed by atoms with Gasteiger partial charge in [0.15, 0.2) is 6.10 Å². The highest BCUT2D eigenvalue weighted by Gasteiger charge is 2.21. The Kier molecular flexibility index (Phi) is 4.99. The van der Waals surface area contributed by atoms with E-state index in [1.807, 2.05) is 49.4 Å².